The average molecular weight is 367 g/mol. The molecule has 1 aliphatic rings. The van der Waals surface area contributed by atoms with Gasteiger partial charge in [0.15, 0.2) is 0 Å². The molecule has 1 aromatic carbocycles. The molecule has 1 amide bonds. The first-order valence-electron chi connectivity index (χ1n) is 6.55. The second-order valence-corrected chi connectivity index (χ2v) is 6.10. The smallest absolute Gasteiger partial charge is 0.241 e. The Morgan fingerprint density at radius 3 is 2.90 bits per heavy atom. The Morgan fingerprint density at radius 2 is 2.14 bits per heavy atom. The summed E-state index contributed by atoms with van der Waals surface area (Å²) in [6.45, 7) is 0.705. The van der Waals surface area contributed by atoms with Gasteiger partial charge in [-0.1, -0.05) is 35.9 Å². The molecule has 0 aliphatic carbocycles. The van der Waals surface area contributed by atoms with Crippen molar-refractivity contribution in [2.75, 3.05) is 5.32 Å². The Labute approximate surface area is 136 Å². The summed E-state index contributed by atoms with van der Waals surface area (Å²) in [4.78, 5) is 16.3. The lowest BCUT2D eigenvalue weighted by molar-refractivity contribution is -0.118. The summed E-state index contributed by atoms with van der Waals surface area (Å²) in [7, 11) is 0. The third-order valence-corrected chi connectivity index (χ3v) is 4.60. The second kappa shape index (κ2) is 6.13. The van der Waals surface area contributed by atoms with Gasteiger partial charge in [-0.2, -0.15) is 0 Å². The van der Waals surface area contributed by atoms with Crippen molar-refractivity contribution < 1.29 is 4.79 Å². The van der Waals surface area contributed by atoms with Gasteiger partial charge in [-0.05, 0) is 39.5 Å². The highest BCUT2D eigenvalue weighted by atomic mass is 79.9. The lowest BCUT2D eigenvalue weighted by atomic mass is 9.95. The predicted molar refractivity (Wildman–Crippen MR) is 86.4 cm³/mol. The molecule has 0 saturated carbocycles. The molecular weight excluding hydrogens is 354 g/mol. The molecule has 2 aromatic rings. The van der Waals surface area contributed by atoms with Gasteiger partial charge in [0.1, 0.15) is 5.15 Å². The van der Waals surface area contributed by atoms with E-state index in [-0.39, 0.29) is 11.9 Å². The molecule has 1 aromatic heterocycles. The predicted octanol–water partition coefficient (Wildman–Crippen LogP) is 3.15. The van der Waals surface area contributed by atoms with E-state index in [1.54, 1.807) is 12.3 Å². The SMILES string of the molecule is O=C(Nc1cnc(Cl)c(Br)c1)C1Cc2ccccc2CN1. The van der Waals surface area contributed by atoms with Crippen molar-refractivity contribution in [3.05, 3.63) is 57.3 Å². The Balaban J connectivity index is 1.70. The number of benzene rings is 1. The number of carbonyl (C=O) groups is 1. The Morgan fingerprint density at radius 1 is 1.38 bits per heavy atom. The number of aromatic nitrogens is 1. The summed E-state index contributed by atoms with van der Waals surface area (Å²) >= 11 is 9.13. The van der Waals surface area contributed by atoms with E-state index in [1.165, 1.54) is 11.1 Å². The molecule has 0 radical (unpaired) electrons. The summed E-state index contributed by atoms with van der Waals surface area (Å²) < 4.78 is 0.656. The van der Waals surface area contributed by atoms with Crippen molar-refractivity contribution in [1.29, 1.82) is 0 Å². The van der Waals surface area contributed by atoms with Crippen molar-refractivity contribution in [1.82, 2.24) is 10.3 Å². The molecule has 0 saturated heterocycles. The molecule has 0 fully saturated rings. The van der Waals surface area contributed by atoms with Crippen LogP contribution in [0.5, 0.6) is 0 Å². The first-order valence-corrected chi connectivity index (χ1v) is 7.72. The van der Waals surface area contributed by atoms with Crippen LogP contribution in [0, 0.1) is 0 Å². The monoisotopic (exact) mass is 365 g/mol. The fourth-order valence-corrected chi connectivity index (χ4v) is 2.81. The maximum atomic E-state index is 12.3. The zero-order valence-corrected chi connectivity index (χ0v) is 13.4. The van der Waals surface area contributed by atoms with Crippen LogP contribution < -0.4 is 10.6 Å². The molecule has 1 aliphatic heterocycles. The molecule has 108 valence electrons. The molecule has 0 spiro atoms. The first kappa shape index (κ1) is 14.5. The van der Waals surface area contributed by atoms with E-state index >= 15 is 0 Å². The Hall–Kier alpha value is -1.43. The second-order valence-electron chi connectivity index (χ2n) is 4.89. The van der Waals surface area contributed by atoms with Gasteiger partial charge in [-0.15, -0.1) is 0 Å². The number of carbonyl (C=O) groups excluding carboxylic acids is 1. The lowest BCUT2D eigenvalue weighted by Crippen LogP contribution is -2.44. The third-order valence-electron chi connectivity index (χ3n) is 3.46. The molecule has 6 heteroatoms. The number of anilines is 1. The fraction of sp³-hybridized carbons (Fsp3) is 0.200. The van der Waals surface area contributed by atoms with Crippen LogP contribution in [0.15, 0.2) is 41.0 Å². The summed E-state index contributed by atoms with van der Waals surface area (Å²) in [6, 6.07) is 9.66. The van der Waals surface area contributed by atoms with E-state index in [4.69, 9.17) is 11.6 Å². The Kier molecular flexibility index (Phi) is 4.24. The topological polar surface area (TPSA) is 54.0 Å². The molecule has 0 bridgehead atoms. The number of hydrogen-bond donors (Lipinski definition) is 2. The zero-order chi connectivity index (χ0) is 14.8. The van der Waals surface area contributed by atoms with E-state index in [0.29, 0.717) is 28.3 Å². The number of pyridine rings is 1. The molecule has 2 N–H and O–H groups in total. The minimum Gasteiger partial charge on any atom is -0.323 e. The van der Waals surface area contributed by atoms with Crippen molar-refractivity contribution in [3.8, 4) is 0 Å². The highest BCUT2D eigenvalue weighted by Crippen LogP contribution is 2.23. The van der Waals surface area contributed by atoms with Crippen LogP contribution in [0.3, 0.4) is 0 Å². The van der Waals surface area contributed by atoms with E-state index in [0.717, 1.165) is 0 Å². The molecule has 4 nitrogen and oxygen atoms in total. The van der Waals surface area contributed by atoms with Crippen molar-refractivity contribution in [3.63, 3.8) is 0 Å². The van der Waals surface area contributed by atoms with Gasteiger partial charge in [-0.3, -0.25) is 4.79 Å². The maximum Gasteiger partial charge on any atom is 0.241 e. The number of hydrogen-bond acceptors (Lipinski definition) is 3. The van der Waals surface area contributed by atoms with Gasteiger partial charge >= 0.3 is 0 Å². The zero-order valence-electron chi connectivity index (χ0n) is 11.1. The molecule has 2 heterocycles. The lowest BCUT2D eigenvalue weighted by Gasteiger charge is -2.25. The summed E-state index contributed by atoms with van der Waals surface area (Å²) in [5.74, 6) is -0.0690. The number of rotatable bonds is 2. The van der Waals surface area contributed by atoms with E-state index in [9.17, 15) is 4.79 Å². The summed E-state index contributed by atoms with van der Waals surface area (Å²) in [5, 5.41) is 6.48. The van der Waals surface area contributed by atoms with Crippen molar-refractivity contribution in [2.45, 2.75) is 19.0 Å². The van der Waals surface area contributed by atoms with Crippen LogP contribution in [0.25, 0.3) is 0 Å². The molecule has 21 heavy (non-hydrogen) atoms. The number of nitrogens with one attached hydrogen (secondary N) is 2. The van der Waals surface area contributed by atoms with Crippen molar-refractivity contribution >= 4 is 39.1 Å². The molecule has 1 atom stereocenters. The average Bonchev–Trinajstić information content (AvgIpc) is 2.50. The van der Waals surface area contributed by atoms with Gasteiger partial charge < -0.3 is 10.6 Å². The molecule has 1 unspecified atom stereocenters. The van der Waals surface area contributed by atoms with Crippen LogP contribution in [0.2, 0.25) is 5.15 Å². The van der Waals surface area contributed by atoms with E-state index in [2.05, 4.69) is 43.7 Å². The highest BCUT2D eigenvalue weighted by Gasteiger charge is 2.24. The van der Waals surface area contributed by atoms with Gasteiger partial charge in [0, 0.05) is 6.54 Å². The number of halogens is 2. The van der Waals surface area contributed by atoms with E-state index < -0.39 is 0 Å². The van der Waals surface area contributed by atoms with Crippen molar-refractivity contribution in [2.24, 2.45) is 0 Å². The van der Waals surface area contributed by atoms with Gasteiger partial charge in [0.05, 0.1) is 22.4 Å². The first-order chi connectivity index (χ1) is 10.1. The van der Waals surface area contributed by atoms with Crippen LogP contribution in [-0.2, 0) is 17.8 Å². The fourth-order valence-electron chi connectivity index (χ4n) is 2.36. The minimum absolute atomic E-state index is 0.0690. The van der Waals surface area contributed by atoms with Crippen LogP contribution in [0.4, 0.5) is 5.69 Å². The Bertz CT molecular complexity index is 692. The van der Waals surface area contributed by atoms with Gasteiger partial charge in [-0.25, -0.2) is 4.98 Å². The standard InChI is InChI=1S/C15H13BrClN3O/c16-12-6-11(8-19-14(12)17)20-15(21)13-5-9-3-1-2-4-10(9)7-18-13/h1-4,6,8,13,18H,5,7H2,(H,20,21). The van der Waals surface area contributed by atoms with Crippen LogP contribution in [-0.4, -0.2) is 16.9 Å². The summed E-state index contributed by atoms with van der Waals surface area (Å²) in [5.41, 5.74) is 3.08. The normalized spacial score (nSPS) is 17.1. The van der Waals surface area contributed by atoms with Crippen LogP contribution in [0.1, 0.15) is 11.1 Å². The number of amides is 1. The quantitative estimate of drug-likeness (QED) is 0.803. The van der Waals surface area contributed by atoms with E-state index in [1.807, 2.05) is 12.1 Å². The maximum absolute atomic E-state index is 12.3. The highest BCUT2D eigenvalue weighted by molar-refractivity contribution is 9.10. The number of fused-ring (bicyclic) bond motifs is 1. The summed E-state index contributed by atoms with van der Waals surface area (Å²) in [6.07, 6.45) is 2.23. The number of nitrogens with zero attached hydrogens (tertiary/aromatic N) is 1. The third kappa shape index (κ3) is 3.26. The van der Waals surface area contributed by atoms with Crippen LogP contribution >= 0.6 is 27.5 Å². The minimum atomic E-state index is -0.241. The molecule has 3 rings (SSSR count). The van der Waals surface area contributed by atoms with Gasteiger partial charge in [0.2, 0.25) is 5.91 Å². The molecular formula is C15H13BrClN3O. The van der Waals surface area contributed by atoms with Gasteiger partial charge in [0.25, 0.3) is 0 Å². The largest absolute Gasteiger partial charge is 0.323 e.